The Balaban J connectivity index is 1.59. The fourth-order valence-corrected chi connectivity index (χ4v) is 2.83. The molecular formula is C20H17N5. The lowest BCUT2D eigenvalue weighted by Crippen LogP contribution is -1.97. The molecule has 0 atom stereocenters. The van der Waals surface area contributed by atoms with Crippen molar-refractivity contribution in [3.63, 3.8) is 0 Å². The maximum absolute atomic E-state index is 5.88. The summed E-state index contributed by atoms with van der Waals surface area (Å²) in [4.78, 5) is 17.6. The van der Waals surface area contributed by atoms with Crippen molar-refractivity contribution in [1.29, 1.82) is 0 Å². The van der Waals surface area contributed by atoms with E-state index >= 15 is 0 Å². The summed E-state index contributed by atoms with van der Waals surface area (Å²) in [5.74, 6) is 0.509. The molecule has 2 N–H and O–H groups in total. The molecule has 4 aromatic heterocycles. The van der Waals surface area contributed by atoms with E-state index in [1.54, 1.807) is 12.4 Å². The molecule has 0 aliphatic rings. The van der Waals surface area contributed by atoms with Gasteiger partial charge in [-0.05, 0) is 48.9 Å². The number of aryl methyl sites for hydroxylation is 1. The average Bonchev–Trinajstić information content (AvgIpc) is 2.62. The Labute approximate surface area is 145 Å². The van der Waals surface area contributed by atoms with Crippen molar-refractivity contribution in [2.45, 2.75) is 13.3 Å². The number of rotatable bonds is 3. The van der Waals surface area contributed by atoms with Gasteiger partial charge in [0.05, 0.1) is 11.2 Å². The monoisotopic (exact) mass is 327 g/mol. The van der Waals surface area contributed by atoms with E-state index in [1.807, 2.05) is 49.5 Å². The molecule has 0 aliphatic heterocycles. The predicted molar refractivity (Wildman–Crippen MR) is 99.0 cm³/mol. The molecule has 0 saturated carbocycles. The zero-order chi connectivity index (χ0) is 17.2. The fourth-order valence-electron chi connectivity index (χ4n) is 2.83. The number of pyridine rings is 4. The molecule has 0 bridgehead atoms. The number of aromatic nitrogens is 4. The van der Waals surface area contributed by atoms with Crippen molar-refractivity contribution in [1.82, 2.24) is 19.9 Å². The van der Waals surface area contributed by atoms with E-state index in [-0.39, 0.29) is 0 Å². The van der Waals surface area contributed by atoms with Gasteiger partial charge in [0.25, 0.3) is 0 Å². The lowest BCUT2D eigenvalue weighted by Gasteiger charge is -2.06. The Kier molecular flexibility index (Phi) is 3.82. The van der Waals surface area contributed by atoms with Crippen LogP contribution in [0.3, 0.4) is 0 Å². The highest BCUT2D eigenvalue weighted by molar-refractivity contribution is 5.87. The second kappa shape index (κ2) is 6.28. The van der Waals surface area contributed by atoms with Gasteiger partial charge in [-0.25, -0.2) is 4.98 Å². The summed E-state index contributed by atoms with van der Waals surface area (Å²) in [5, 5.41) is 0.882. The minimum atomic E-state index is 0.509. The minimum Gasteiger partial charge on any atom is -0.383 e. The van der Waals surface area contributed by atoms with Gasteiger partial charge in [-0.2, -0.15) is 0 Å². The molecule has 0 aliphatic carbocycles. The second-order valence-electron chi connectivity index (χ2n) is 5.98. The molecule has 5 heteroatoms. The molecule has 5 nitrogen and oxygen atoms in total. The first kappa shape index (κ1) is 15.2. The summed E-state index contributed by atoms with van der Waals surface area (Å²) in [6, 6.07) is 14.0. The van der Waals surface area contributed by atoms with Gasteiger partial charge in [0.2, 0.25) is 0 Å². The molecule has 0 radical (unpaired) electrons. The smallest absolute Gasteiger partial charge is 0.132 e. The van der Waals surface area contributed by atoms with Crippen molar-refractivity contribution in [2.75, 3.05) is 5.73 Å². The Bertz CT molecular complexity index is 1040. The van der Waals surface area contributed by atoms with E-state index in [4.69, 9.17) is 5.73 Å². The molecule has 0 saturated heterocycles. The van der Waals surface area contributed by atoms with Crippen LogP contribution in [0.2, 0.25) is 0 Å². The molecule has 4 rings (SSSR count). The Morgan fingerprint density at radius 2 is 1.80 bits per heavy atom. The van der Waals surface area contributed by atoms with Crippen LogP contribution >= 0.6 is 0 Å². The van der Waals surface area contributed by atoms with Gasteiger partial charge in [0.1, 0.15) is 5.82 Å². The number of fused-ring (bicyclic) bond motifs is 1. The van der Waals surface area contributed by atoms with Crippen molar-refractivity contribution >= 4 is 16.7 Å². The molecular weight excluding hydrogens is 310 g/mol. The highest BCUT2D eigenvalue weighted by atomic mass is 14.8. The number of nitrogen functional groups attached to an aromatic ring is 1. The highest BCUT2D eigenvalue weighted by Crippen LogP contribution is 2.20. The van der Waals surface area contributed by atoms with Crippen LogP contribution in [0.5, 0.6) is 0 Å². The predicted octanol–water partition coefficient (Wildman–Crippen LogP) is 3.57. The number of hydrogen-bond donors (Lipinski definition) is 1. The topological polar surface area (TPSA) is 77.6 Å². The summed E-state index contributed by atoms with van der Waals surface area (Å²) in [5.41, 5.74) is 11.8. The molecule has 25 heavy (non-hydrogen) atoms. The summed E-state index contributed by atoms with van der Waals surface area (Å²) in [6.45, 7) is 1.98. The van der Waals surface area contributed by atoms with E-state index in [9.17, 15) is 0 Å². The third-order valence-electron chi connectivity index (χ3n) is 4.11. The van der Waals surface area contributed by atoms with E-state index in [0.29, 0.717) is 5.82 Å². The molecule has 0 amide bonds. The largest absolute Gasteiger partial charge is 0.383 e. The summed E-state index contributed by atoms with van der Waals surface area (Å²) in [7, 11) is 0. The van der Waals surface area contributed by atoms with Gasteiger partial charge < -0.3 is 5.73 Å². The standard InChI is InChI=1S/C20H17N5/c1-13-10-15(6-8-22-13)18-5-2-14(12-24-18)11-16-3-4-17-19(25-16)7-9-23-20(17)21/h2-10,12H,11H2,1H3,(H2,21,23). The summed E-state index contributed by atoms with van der Waals surface area (Å²) < 4.78 is 0. The fraction of sp³-hybridized carbons (Fsp3) is 0.100. The maximum atomic E-state index is 5.88. The van der Waals surface area contributed by atoms with Crippen molar-refractivity contribution < 1.29 is 0 Å². The Hall–Kier alpha value is -3.34. The third-order valence-corrected chi connectivity index (χ3v) is 4.11. The molecule has 4 heterocycles. The SMILES string of the molecule is Cc1cc(-c2ccc(Cc3ccc4c(N)nccc4n3)cn2)ccn1. The first-order chi connectivity index (χ1) is 12.2. The number of anilines is 1. The maximum Gasteiger partial charge on any atom is 0.132 e. The van der Waals surface area contributed by atoms with Crippen LogP contribution in [0.25, 0.3) is 22.2 Å². The molecule has 4 aromatic rings. The van der Waals surface area contributed by atoms with Gasteiger partial charge in [0, 0.05) is 47.3 Å². The van der Waals surface area contributed by atoms with E-state index < -0.39 is 0 Å². The number of nitrogens with two attached hydrogens (primary N) is 1. The van der Waals surface area contributed by atoms with Crippen molar-refractivity contribution in [3.05, 3.63) is 78.0 Å². The molecule has 0 unspecified atom stereocenters. The van der Waals surface area contributed by atoms with Crippen LogP contribution < -0.4 is 5.73 Å². The quantitative estimate of drug-likeness (QED) is 0.622. The van der Waals surface area contributed by atoms with Gasteiger partial charge in [0.15, 0.2) is 0 Å². The van der Waals surface area contributed by atoms with Crippen LogP contribution in [0, 0.1) is 6.92 Å². The zero-order valence-electron chi connectivity index (χ0n) is 13.8. The van der Waals surface area contributed by atoms with Crippen LogP contribution in [0.4, 0.5) is 5.82 Å². The van der Waals surface area contributed by atoms with Crippen molar-refractivity contribution in [2.24, 2.45) is 0 Å². The first-order valence-electron chi connectivity index (χ1n) is 8.07. The number of nitrogens with zero attached hydrogens (tertiary/aromatic N) is 4. The Morgan fingerprint density at radius 1 is 0.920 bits per heavy atom. The van der Waals surface area contributed by atoms with Crippen LogP contribution in [0.1, 0.15) is 17.0 Å². The lowest BCUT2D eigenvalue weighted by molar-refractivity contribution is 1.08. The lowest BCUT2D eigenvalue weighted by atomic mass is 10.1. The van der Waals surface area contributed by atoms with Gasteiger partial charge in [-0.3, -0.25) is 15.0 Å². The van der Waals surface area contributed by atoms with Crippen LogP contribution in [-0.4, -0.2) is 19.9 Å². The van der Waals surface area contributed by atoms with Gasteiger partial charge in [-0.1, -0.05) is 6.07 Å². The van der Waals surface area contributed by atoms with Gasteiger partial charge >= 0.3 is 0 Å². The first-order valence-corrected chi connectivity index (χ1v) is 8.07. The van der Waals surface area contributed by atoms with Crippen molar-refractivity contribution in [3.8, 4) is 11.3 Å². The van der Waals surface area contributed by atoms with E-state index in [2.05, 4.69) is 26.0 Å². The molecule has 122 valence electrons. The second-order valence-corrected chi connectivity index (χ2v) is 5.98. The molecule has 0 aromatic carbocycles. The zero-order valence-corrected chi connectivity index (χ0v) is 13.8. The van der Waals surface area contributed by atoms with Crippen LogP contribution in [0.15, 0.2) is 61.1 Å². The van der Waals surface area contributed by atoms with E-state index in [1.165, 1.54) is 0 Å². The average molecular weight is 327 g/mol. The summed E-state index contributed by atoms with van der Waals surface area (Å²) in [6.07, 6.45) is 6.11. The number of hydrogen-bond acceptors (Lipinski definition) is 5. The Morgan fingerprint density at radius 3 is 2.60 bits per heavy atom. The molecule has 0 fully saturated rings. The highest BCUT2D eigenvalue weighted by Gasteiger charge is 2.05. The third kappa shape index (κ3) is 3.17. The summed E-state index contributed by atoms with van der Waals surface area (Å²) >= 11 is 0. The molecule has 0 spiro atoms. The minimum absolute atomic E-state index is 0.509. The van der Waals surface area contributed by atoms with Crippen LogP contribution in [-0.2, 0) is 6.42 Å². The van der Waals surface area contributed by atoms with Gasteiger partial charge in [-0.15, -0.1) is 0 Å². The van der Waals surface area contributed by atoms with E-state index in [0.717, 1.165) is 45.5 Å². The normalized spacial score (nSPS) is 10.9.